The number of nitrogens with one attached hydrogen (secondary N) is 3. The van der Waals surface area contributed by atoms with Crippen molar-refractivity contribution in [3.63, 3.8) is 0 Å². The van der Waals surface area contributed by atoms with Crippen LogP contribution >= 0.6 is 0 Å². The number of carbonyl (C=O) groups excluding carboxylic acids is 4. The van der Waals surface area contributed by atoms with Crippen molar-refractivity contribution in [1.29, 1.82) is 5.26 Å². The van der Waals surface area contributed by atoms with Crippen molar-refractivity contribution in [2.45, 2.75) is 91.9 Å². The number of amides is 4. The number of nitrogens with zero attached hydrogens (tertiary/aromatic N) is 2. The van der Waals surface area contributed by atoms with Crippen LogP contribution in [0.3, 0.4) is 0 Å². The summed E-state index contributed by atoms with van der Waals surface area (Å²) in [5.41, 5.74) is -0.956. The quantitative estimate of drug-likeness (QED) is 0.536. The molecular formula is C25H39N5O4. The fourth-order valence-electron chi connectivity index (χ4n) is 5.90. The molecule has 3 rings (SSSR count). The summed E-state index contributed by atoms with van der Waals surface area (Å²) in [6.45, 7) is 15.5. The maximum atomic E-state index is 13.6. The van der Waals surface area contributed by atoms with Gasteiger partial charge in [-0.25, -0.2) is 0 Å². The van der Waals surface area contributed by atoms with Gasteiger partial charge in [0.2, 0.25) is 23.6 Å². The van der Waals surface area contributed by atoms with E-state index in [-0.39, 0.29) is 58.8 Å². The summed E-state index contributed by atoms with van der Waals surface area (Å²) < 4.78 is 0. The van der Waals surface area contributed by atoms with Gasteiger partial charge in [-0.3, -0.25) is 19.2 Å². The molecule has 0 unspecified atom stereocenters. The SMILES string of the molecule is CC(=O)N[C@H](C(=O)N1C[C@H]2[C@@H]([C@H]1C(=O)N[C@H](C#N)C[C@@H]1CC(C)(C)NC1=O)C2(C)C)C(C)(C)C. The number of piperidine rings is 1. The molecule has 0 aromatic rings. The van der Waals surface area contributed by atoms with E-state index in [1.807, 2.05) is 34.6 Å². The Hall–Kier alpha value is -2.63. The average Bonchev–Trinajstić information content (AvgIpc) is 2.99. The van der Waals surface area contributed by atoms with Crippen LogP contribution in [0.5, 0.6) is 0 Å². The van der Waals surface area contributed by atoms with Crippen LogP contribution in [0, 0.1) is 39.9 Å². The molecule has 2 heterocycles. The molecule has 2 saturated heterocycles. The van der Waals surface area contributed by atoms with E-state index in [4.69, 9.17) is 0 Å². The first-order valence-corrected chi connectivity index (χ1v) is 12.1. The molecule has 0 aromatic carbocycles. The molecule has 6 atom stereocenters. The molecule has 2 aliphatic heterocycles. The number of hydrogen-bond donors (Lipinski definition) is 3. The highest BCUT2D eigenvalue weighted by Crippen LogP contribution is 2.65. The Balaban J connectivity index is 1.78. The zero-order valence-electron chi connectivity index (χ0n) is 21.6. The number of fused-ring (bicyclic) bond motifs is 1. The van der Waals surface area contributed by atoms with Gasteiger partial charge in [-0.1, -0.05) is 34.6 Å². The predicted molar refractivity (Wildman–Crippen MR) is 126 cm³/mol. The summed E-state index contributed by atoms with van der Waals surface area (Å²) in [7, 11) is 0. The molecule has 9 heteroatoms. The molecule has 0 bridgehead atoms. The van der Waals surface area contributed by atoms with E-state index < -0.39 is 23.5 Å². The predicted octanol–water partition coefficient (Wildman–Crippen LogP) is 1.33. The molecular weight excluding hydrogens is 434 g/mol. The van der Waals surface area contributed by atoms with E-state index in [1.165, 1.54) is 6.92 Å². The van der Waals surface area contributed by atoms with Crippen molar-refractivity contribution < 1.29 is 19.2 Å². The maximum absolute atomic E-state index is 13.6. The van der Waals surface area contributed by atoms with Gasteiger partial charge < -0.3 is 20.9 Å². The standard InChI is InChI=1S/C25H39N5O4/c1-13(31)27-19(23(2,3)4)22(34)30-12-16-17(25(16,7)8)18(30)21(33)28-15(11-26)9-14-10-24(5,6)29-20(14)32/h14-19H,9-10,12H2,1-8H3,(H,27,31)(H,28,33)(H,29,32)/t14-,15+,16+,17+,18+,19-/m1/s1. The van der Waals surface area contributed by atoms with E-state index in [9.17, 15) is 24.4 Å². The molecule has 3 N–H and O–H groups in total. The summed E-state index contributed by atoms with van der Waals surface area (Å²) in [6.07, 6.45) is 0.821. The Morgan fingerprint density at radius 2 is 1.82 bits per heavy atom. The van der Waals surface area contributed by atoms with E-state index in [0.29, 0.717) is 13.0 Å². The number of hydrogen-bond acceptors (Lipinski definition) is 5. The topological polar surface area (TPSA) is 131 Å². The first kappa shape index (κ1) is 26.0. The zero-order chi connectivity index (χ0) is 25.8. The highest BCUT2D eigenvalue weighted by atomic mass is 16.2. The van der Waals surface area contributed by atoms with E-state index in [2.05, 4.69) is 35.9 Å². The summed E-state index contributed by atoms with van der Waals surface area (Å²) >= 11 is 0. The lowest BCUT2D eigenvalue weighted by Crippen LogP contribution is -2.59. The second-order valence-corrected chi connectivity index (χ2v) is 12.6. The second kappa shape index (κ2) is 8.54. The average molecular weight is 474 g/mol. The van der Waals surface area contributed by atoms with Crippen LogP contribution in [-0.2, 0) is 19.2 Å². The lowest BCUT2D eigenvalue weighted by molar-refractivity contribution is -0.145. The molecule has 0 spiro atoms. The Labute approximate surface area is 202 Å². The maximum Gasteiger partial charge on any atom is 0.246 e. The lowest BCUT2D eigenvalue weighted by atomic mass is 9.85. The van der Waals surface area contributed by atoms with Crippen LogP contribution in [0.2, 0.25) is 0 Å². The van der Waals surface area contributed by atoms with Crippen molar-refractivity contribution >= 4 is 23.6 Å². The Morgan fingerprint density at radius 3 is 2.29 bits per heavy atom. The second-order valence-electron chi connectivity index (χ2n) is 12.6. The fourth-order valence-corrected chi connectivity index (χ4v) is 5.90. The van der Waals surface area contributed by atoms with Crippen LogP contribution in [0.1, 0.15) is 68.2 Å². The minimum absolute atomic E-state index is 0.0116. The minimum Gasteiger partial charge on any atom is -0.351 e. The van der Waals surface area contributed by atoms with Gasteiger partial charge in [0.25, 0.3) is 0 Å². The monoisotopic (exact) mass is 473 g/mol. The first-order valence-electron chi connectivity index (χ1n) is 12.1. The first-order chi connectivity index (χ1) is 15.5. The Bertz CT molecular complexity index is 929. The van der Waals surface area contributed by atoms with Crippen LogP contribution < -0.4 is 16.0 Å². The molecule has 3 aliphatic rings. The van der Waals surface area contributed by atoms with Gasteiger partial charge in [-0.2, -0.15) is 5.26 Å². The minimum atomic E-state index is -0.830. The summed E-state index contributed by atoms with van der Waals surface area (Å²) in [4.78, 5) is 52.8. The lowest BCUT2D eigenvalue weighted by Gasteiger charge is -2.37. The largest absolute Gasteiger partial charge is 0.351 e. The van der Waals surface area contributed by atoms with Crippen molar-refractivity contribution in [3.05, 3.63) is 0 Å². The van der Waals surface area contributed by atoms with Crippen LogP contribution in [0.4, 0.5) is 0 Å². The van der Waals surface area contributed by atoms with Crippen LogP contribution in [0.25, 0.3) is 0 Å². The summed E-state index contributed by atoms with van der Waals surface area (Å²) in [5.74, 6) is -1.24. The number of likely N-dealkylation sites (tertiary alicyclic amines) is 1. The molecule has 1 saturated carbocycles. The fraction of sp³-hybridized carbons (Fsp3) is 0.800. The number of nitriles is 1. The van der Waals surface area contributed by atoms with E-state index in [0.717, 1.165) is 0 Å². The molecule has 1 aliphatic carbocycles. The molecule has 0 radical (unpaired) electrons. The molecule has 4 amide bonds. The highest BCUT2D eigenvalue weighted by molar-refractivity contribution is 5.94. The molecule has 9 nitrogen and oxygen atoms in total. The van der Waals surface area contributed by atoms with Crippen molar-refractivity contribution in [2.24, 2.45) is 28.6 Å². The third kappa shape index (κ3) is 4.91. The van der Waals surface area contributed by atoms with E-state index >= 15 is 0 Å². The Morgan fingerprint density at radius 1 is 1.21 bits per heavy atom. The molecule has 34 heavy (non-hydrogen) atoms. The van der Waals surface area contributed by atoms with E-state index in [1.54, 1.807) is 4.90 Å². The third-order valence-corrected chi connectivity index (χ3v) is 7.80. The molecule has 188 valence electrons. The smallest absolute Gasteiger partial charge is 0.246 e. The van der Waals surface area contributed by atoms with Gasteiger partial charge in [0.05, 0.1) is 6.07 Å². The van der Waals surface area contributed by atoms with Gasteiger partial charge in [0.1, 0.15) is 18.1 Å². The third-order valence-electron chi connectivity index (χ3n) is 7.80. The van der Waals surface area contributed by atoms with Crippen LogP contribution in [0.15, 0.2) is 0 Å². The molecule has 3 fully saturated rings. The number of rotatable bonds is 6. The number of carbonyl (C=O) groups is 4. The zero-order valence-corrected chi connectivity index (χ0v) is 21.6. The van der Waals surface area contributed by atoms with Gasteiger partial charge in [-0.05, 0) is 49.4 Å². The van der Waals surface area contributed by atoms with Gasteiger partial charge >= 0.3 is 0 Å². The highest BCUT2D eigenvalue weighted by Gasteiger charge is 2.69. The van der Waals surface area contributed by atoms with Crippen molar-refractivity contribution in [1.82, 2.24) is 20.9 Å². The molecule has 0 aromatic heterocycles. The van der Waals surface area contributed by atoms with Gasteiger partial charge in [-0.15, -0.1) is 0 Å². The Kier molecular flexibility index (Phi) is 6.53. The van der Waals surface area contributed by atoms with Crippen molar-refractivity contribution in [3.8, 4) is 6.07 Å². The normalized spacial score (nSPS) is 30.4. The van der Waals surface area contributed by atoms with Crippen LogP contribution in [-0.4, -0.2) is 58.7 Å². The van der Waals surface area contributed by atoms with Gasteiger partial charge in [0.15, 0.2) is 0 Å². The summed E-state index contributed by atoms with van der Waals surface area (Å²) in [6, 6.07) is -0.183. The van der Waals surface area contributed by atoms with Gasteiger partial charge in [0, 0.05) is 24.9 Å². The summed E-state index contributed by atoms with van der Waals surface area (Å²) in [5, 5.41) is 18.2. The van der Waals surface area contributed by atoms with Crippen molar-refractivity contribution in [2.75, 3.05) is 6.54 Å².